The van der Waals surface area contributed by atoms with Gasteiger partial charge in [-0.05, 0) is 6.07 Å². The molecule has 0 amide bonds. The molecule has 1 atom stereocenters. The van der Waals surface area contributed by atoms with E-state index in [-0.39, 0.29) is 6.04 Å². The van der Waals surface area contributed by atoms with Crippen molar-refractivity contribution in [2.24, 2.45) is 5.73 Å². The van der Waals surface area contributed by atoms with E-state index in [0.717, 1.165) is 23.5 Å². The monoisotopic (exact) mass is 262 g/mol. The van der Waals surface area contributed by atoms with Crippen LogP contribution in [0.3, 0.4) is 0 Å². The molecule has 3 rings (SSSR count). The van der Waals surface area contributed by atoms with Gasteiger partial charge < -0.3 is 15.2 Å². The molecule has 1 unspecified atom stereocenters. The number of fused-ring (bicyclic) bond motifs is 1. The van der Waals surface area contributed by atoms with E-state index in [4.69, 9.17) is 15.2 Å². The predicted molar refractivity (Wildman–Crippen MR) is 70.2 cm³/mol. The Morgan fingerprint density at radius 2 is 2.22 bits per heavy atom. The molecular formula is C13H14N2O2S. The average molecular weight is 262 g/mol. The SMILES string of the molecule is NC(Cc1cncs1)c1cccc2c1OCCO2. The summed E-state index contributed by atoms with van der Waals surface area (Å²) in [6.45, 7) is 1.18. The lowest BCUT2D eigenvalue weighted by Gasteiger charge is -2.23. The van der Waals surface area contributed by atoms with Crippen molar-refractivity contribution in [3.63, 3.8) is 0 Å². The minimum absolute atomic E-state index is 0.0953. The highest BCUT2D eigenvalue weighted by Crippen LogP contribution is 2.37. The van der Waals surface area contributed by atoms with Gasteiger partial charge in [0, 0.05) is 29.1 Å². The van der Waals surface area contributed by atoms with Gasteiger partial charge in [-0.2, -0.15) is 0 Å². The second-order valence-electron chi connectivity index (χ2n) is 4.15. The molecule has 5 heteroatoms. The molecule has 0 aliphatic carbocycles. The molecule has 0 saturated carbocycles. The molecule has 1 aromatic carbocycles. The number of hydrogen-bond donors (Lipinski definition) is 1. The Morgan fingerprint density at radius 1 is 1.33 bits per heavy atom. The van der Waals surface area contributed by atoms with Gasteiger partial charge in [0.1, 0.15) is 13.2 Å². The average Bonchev–Trinajstić information content (AvgIpc) is 2.91. The fraction of sp³-hybridized carbons (Fsp3) is 0.308. The minimum Gasteiger partial charge on any atom is -0.486 e. The number of aromatic nitrogens is 1. The molecule has 2 N–H and O–H groups in total. The van der Waals surface area contributed by atoms with Crippen LogP contribution >= 0.6 is 11.3 Å². The molecule has 0 bridgehead atoms. The lowest BCUT2D eigenvalue weighted by Crippen LogP contribution is -2.20. The molecule has 2 heterocycles. The van der Waals surface area contributed by atoms with E-state index in [1.54, 1.807) is 11.3 Å². The second kappa shape index (κ2) is 4.96. The topological polar surface area (TPSA) is 57.4 Å². The maximum Gasteiger partial charge on any atom is 0.166 e. The molecule has 18 heavy (non-hydrogen) atoms. The summed E-state index contributed by atoms with van der Waals surface area (Å²) in [6, 6.07) is 5.77. The molecule has 0 spiro atoms. The number of hydrogen-bond acceptors (Lipinski definition) is 5. The van der Waals surface area contributed by atoms with E-state index in [2.05, 4.69) is 4.98 Å². The third kappa shape index (κ3) is 2.19. The van der Waals surface area contributed by atoms with Gasteiger partial charge in [0.25, 0.3) is 0 Å². The van der Waals surface area contributed by atoms with E-state index in [9.17, 15) is 0 Å². The van der Waals surface area contributed by atoms with Crippen LogP contribution in [0, 0.1) is 0 Å². The van der Waals surface area contributed by atoms with Gasteiger partial charge in [0.15, 0.2) is 11.5 Å². The predicted octanol–water partition coefficient (Wildman–Crippen LogP) is 2.16. The Labute approximate surface area is 109 Å². The summed E-state index contributed by atoms with van der Waals surface area (Å²) in [5.41, 5.74) is 9.08. The van der Waals surface area contributed by atoms with Crippen LogP contribution < -0.4 is 15.2 Å². The van der Waals surface area contributed by atoms with E-state index >= 15 is 0 Å². The number of benzene rings is 1. The zero-order valence-corrected chi connectivity index (χ0v) is 10.7. The highest BCUT2D eigenvalue weighted by atomic mass is 32.1. The zero-order chi connectivity index (χ0) is 12.4. The van der Waals surface area contributed by atoms with Gasteiger partial charge in [-0.25, -0.2) is 0 Å². The van der Waals surface area contributed by atoms with Crippen LogP contribution in [0.25, 0.3) is 0 Å². The van der Waals surface area contributed by atoms with Crippen molar-refractivity contribution in [3.05, 3.63) is 40.3 Å². The first-order valence-corrected chi connectivity index (χ1v) is 6.74. The number of nitrogens with two attached hydrogens (primary N) is 1. The molecule has 0 radical (unpaired) electrons. The summed E-state index contributed by atoms with van der Waals surface area (Å²) in [7, 11) is 0. The standard InChI is InChI=1S/C13H14N2O2S/c14-11(6-9-7-15-8-18-9)10-2-1-3-12-13(10)17-5-4-16-12/h1-3,7-8,11H,4-6,14H2. The van der Waals surface area contributed by atoms with Crippen LogP contribution in [0.1, 0.15) is 16.5 Å². The lowest BCUT2D eigenvalue weighted by molar-refractivity contribution is 0.169. The summed E-state index contributed by atoms with van der Waals surface area (Å²) in [4.78, 5) is 5.24. The van der Waals surface area contributed by atoms with Gasteiger partial charge in [-0.1, -0.05) is 12.1 Å². The first kappa shape index (κ1) is 11.5. The summed E-state index contributed by atoms with van der Waals surface area (Å²) >= 11 is 1.62. The normalized spacial score (nSPS) is 15.4. The van der Waals surface area contributed by atoms with Crippen LogP contribution in [0.5, 0.6) is 11.5 Å². The largest absolute Gasteiger partial charge is 0.486 e. The Kier molecular flexibility index (Phi) is 3.17. The van der Waals surface area contributed by atoms with E-state index in [1.165, 1.54) is 4.88 Å². The molecule has 1 aliphatic heterocycles. The van der Waals surface area contributed by atoms with Crippen molar-refractivity contribution in [1.29, 1.82) is 0 Å². The number of thiazole rings is 1. The van der Waals surface area contributed by atoms with Crippen molar-refractivity contribution in [2.75, 3.05) is 13.2 Å². The zero-order valence-electron chi connectivity index (χ0n) is 9.83. The molecule has 4 nitrogen and oxygen atoms in total. The quantitative estimate of drug-likeness (QED) is 0.921. The maximum absolute atomic E-state index is 6.25. The first-order valence-electron chi connectivity index (χ1n) is 5.86. The fourth-order valence-corrected chi connectivity index (χ4v) is 2.71. The van der Waals surface area contributed by atoms with Gasteiger partial charge in [-0.15, -0.1) is 11.3 Å². The smallest absolute Gasteiger partial charge is 0.166 e. The van der Waals surface area contributed by atoms with E-state index in [0.29, 0.717) is 13.2 Å². The van der Waals surface area contributed by atoms with Crippen LogP contribution in [0.15, 0.2) is 29.9 Å². The third-order valence-corrected chi connectivity index (χ3v) is 3.70. The summed E-state index contributed by atoms with van der Waals surface area (Å²) in [5, 5.41) is 0. The molecule has 0 saturated heterocycles. The van der Waals surface area contributed by atoms with Crippen molar-refractivity contribution < 1.29 is 9.47 Å². The highest BCUT2D eigenvalue weighted by Gasteiger charge is 2.20. The van der Waals surface area contributed by atoms with E-state index in [1.807, 2.05) is 29.9 Å². The van der Waals surface area contributed by atoms with Crippen molar-refractivity contribution in [3.8, 4) is 11.5 Å². The molecular weight excluding hydrogens is 248 g/mol. The van der Waals surface area contributed by atoms with Crippen LogP contribution in [0.2, 0.25) is 0 Å². The van der Waals surface area contributed by atoms with Gasteiger partial charge in [0.05, 0.1) is 5.51 Å². The Hall–Kier alpha value is -1.59. The fourth-order valence-electron chi connectivity index (χ4n) is 2.06. The van der Waals surface area contributed by atoms with Crippen molar-refractivity contribution in [1.82, 2.24) is 4.98 Å². The Morgan fingerprint density at radius 3 is 3.06 bits per heavy atom. The second-order valence-corrected chi connectivity index (χ2v) is 5.12. The maximum atomic E-state index is 6.25. The van der Waals surface area contributed by atoms with Crippen LogP contribution in [-0.2, 0) is 6.42 Å². The lowest BCUT2D eigenvalue weighted by atomic mass is 10.0. The Bertz CT molecular complexity index is 528. The van der Waals surface area contributed by atoms with Gasteiger partial charge in [0.2, 0.25) is 0 Å². The minimum atomic E-state index is -0.0953. The van der Waals surface area contributed by atoms with Crippen molar-refractivity contribution in [2.45, 2.75) is 12.5 Å². The first-order chi connectivity index (χ1) is 8.84. The summed E-state index contributed by atoms with van der Waals surface area (Å²) < 4.78 is 11.2. The van der Waals surface area contributed by atoms with Crippen LogP contribution in [-0.4, -0.2) is 18.2 Å². The molecule has 1 aliphatic rings. The third-order valence-electron chi connectivity index (χ3n) is 2.90. The number of para-hydroxylation sites is 1. The summed E-state index contributed by atoms with van der Waals surface area (Å²) in [5.74, 6) is 1.58. The number of nitrogens with zero attached hydrogens (tertiary/aromatic N) is 1. The van der Waals surface area contributed by atoms with Gasteiger partial charge >= 0.3 is 0 Å². The molecule has 2 aromatic rings. The molecule has 94 valence electrons. The van der Waals surface area contributed by atoms with Crippen LogP contribution in [0.4, 0.5) is 0 Å². The Balaban J connectivity index is 1.87. The highest BCUT2D eigenvalue weighted by molar-refractivity contribution is 7.09. The van der Waals surface area contributed by atoms with E-state index < -0.39 is 0 Å². The summed E-state index contributed by atoms with van der Waals surface area (Å²) in [6.07, 6.45) is 2.63. The number of ether oxygens (including phenoxy) is 2. The number of rotatable bonds is 3. The molecule has 0 fully saturated rings. The molecule has 1 aromatic heterocycles. The van der Waals surface area contributed by atoms with Crippen molar-refractivity contribution >= 4 is 11.3 Å². The van der Waals surface area contributed by atoms with Gasteiger partial charge in [-0.3, -0.25) is 4.98 Å².